The van der Waals surface area contributed by atoms with Gasteiger partial charge in [-0.1, -0.05) is 42.5 Å². The minimum Gasteiger partial charge on any atom is -0.369 e. The molecule has 4 N–H and O–H groups in total. The van der Waals surface area contributed by atoms with E-state index in [1.165, 1.54) is 11.6 Å². The maximum absolute atomic E-state index is 13.9. The van der Waals surface area contributed by atoms with E-state index in [2.05, 4.69) is 38.7 Å². The number of nitrogens with zero attached hydrogens (tertiary/aromatic N) is 2. The number of likely N-dealkylation sites (tertiary alicyclic amines) is 1. The van der Waals surface area contributed by atoms with E-state index < -0.39 is 0 Å². The van der Waals surface area contributed by atoms with Gasteiger partial charge in [0.1, 0.15) is 5.82 Å². The summed E-state index contributed by atoms with van der Waals surface area (Å²) in [4.78, 5) is 18.5. The molecule has 0 radical (unpaired) electrons. The molecule has 0 aliphatic carbocycles. The molecule has 2 aromatic rings. The highest BCUT2D eigenvalue weighted by molar-refractivity contribution is 14.0. The SMILES string of the molecule is CCNC(=NCc1cccc(CN2CCCC(C(N)=O)C2)c1)NCc1ccccc1F.I. The van der Waals surface area contributed by atoms with Gasteiger partial charge < -0.3 is 16.4 Å². The second-order valence-corrected chi connectivity index (χ2v) is 7.94. The molecule has 1 unspecified atom stereocenters. The number of hydrogen-bond donors (Lipinski definition) is 3. The van der Waals surface area contributed by atoms with Crippen molar-refractivity contribution in [2.75, 3.05) is 19.6 Å². The van der Waals surface area contributed by atoms with E-state index >= 15 is 0 Å². The van der Waals surface area contributed by atoms with Crippen LogP contribution < -0.4 is 16.4 Å². The molecule has 32 heavy (non-hydrogen) atoms. The van der Waals surface area contributed by atoms with Gasteiger partial charge in [0.05, 0.1) is 12.5 Å². The Hall–Kier alpha value is -2.20. The minimum absolute atomic E-state index is 0. The molecule has 3 rings (SSSR count). The lowest BCUT2D eigenvalue weighted by atomic mass is 9.97. The van der Waals surface area contributed by atoms with Crippen molar-refractivity contribution in [2.45, 2.75) is 39.4 Å². The van der Waals surface area contributed by atoms with E-state index in [-0.39, 0.29) is 41.6 Å². The Morgan fingerprint density at radius 1 is 1.19 bits per heavy atom. The van der Waals surface area contributed by atoms with Crippen LogP contribution in [0.5, 0.6) is 0 Å². The minimum atomic E-state index is -0.227. The molecule has 0 saturated carbocycles. The number of hydrogen-bond acceptors (Lipinski definition) is 3. The number of nitrogens with one attached hydrogen (secondary N) is 2. The zero-order chi connectivity index (χ0) is 22.1. The number of nitrogens with two attached hydrogens (primary N) is 1. The summed E-state index contributed by atoms with van der Waals surface area (Å²) in [6, 6.07) is 15.1. The molecule has 0 bridgehead atoms. The van der Waals surface area contributed by atoms with Gasteiger partial charge in [-0.25, -0.2) is 9.38 Å². The van der Waals surface area contributed by atoms with Crippen LogP contribution in [-0.2, 0) is 24.4 Å². The molecule has 8 heteroatoms. The molecular formula is C24H33FIN5O. The highest BCUT2D eigenvalue weighted by Crippen LogP contribution is 2.19. The van der Waals surface area contributed by atoms with Gasteiger partial charge in [0, 0.05) is 31.7 Å². The fraction of sp³-hybridized carbons (Fsp3) is 0.417. The van der Waals surface area contributed by atoms with Crippen LogP contribution in [0.4, 0.5) is 4.39 Å². The number of benzene rings is 2. The van der Waals surface area contributed by atoms with E-state index in [1.54, 1.807) is 12.1 Å². The first-order valence-electron chi connectivity index (χ1n) is 10.9. The lowest BCUT2D eigenvalue weighted by Gasteiger charge is -2.31. The zero-order valence-electron chi connectivity index (χ0n) is 18.5. The Labute approximate surface area is 206 Å². The molecule has 1 amide bonds. The normalized spacial score (nSPS) is 16.8. The van der Waals surface area contributed by atoms with Crippen LogP contribution in [0.1, 0.15) is 36.5 Å². The van der Waals surface area contributed by atoms with Gasteiger partial charge in [0.25, 0.3) is 0 Å². The number of aliphatic imine (C=N–C) groups is 1. The van der Waals surface area contributed by atoms with Crippen molar-refractivity contribution in [3.8, 4) is 0 Å². The molecule has 6 nitrogen and oxygen atoms in total. The van der Waals surface area contributed by atoms with E-state index in [0.29, 0.717) is 24.6 Å². The fourth-order valence-electron chi connectivity index (χ4n) is 3.85. The number of amides is 1. The Bertz CT molecular complexity index is 907. The average molecular weight is 553 g/mol. The molecular weight excluding hydrogens is 520 g/mol. The van der Waals surface area contributed by atoms with Crippen LogP contribution >= 0.6 is 24.0 Å². The van der Waals surface area contributed by atoms with Crippen molar-refractivity contribution in [3.63, 3.8) is 0 Å². The molecule has 174 valence electrons. The first-order chi connectivity index (χ1) is 15.0. The predicted molar refractivity (Wildman–Crippen MR) is 137 cm³/mol. The van der Waals surface area contributed by atoms with Crippen molar-refractivity contribution in [2.24, 2.45) is 16.6 Å². The monoisotopic (exact) mass is 553 g/mol. The third kappa shape index (κ3) is 8.05. The summed E-state index contributed by atoms with van der Waals surface area (Å²) in [6.07, 6.45) is 1.88. The Morgan fingerprint density at radius 2 is 1.97 bits per heavy atom. The molecule has 2 aromatic carbocycles. The number of halogens is 2. The smallest absolute Gasteiger partial charge is 0.221 e. The highest BCUT2D eigenvalue weighted by atomic mass is 127. The Balaban J connectivity index is 0.00000363. The summed E-state index contributed by atoms with van der Waals surface area (Å²) in [5.74, 6) is 0.169. The molecule has 1 saturated heterocycles. The van der Waals surface area contributed by atoms with Crippen LogP contribution in [0.3, 0.4) is 0 Å². The maximum Gasteiger partial charge on any atom is 0.221 e. The van der Waals surface area contributed by atoms with E-state index in [4.69, 9.17) is 5.73 Å². The number of carbonyl (C=O) groups excluding carboxylic acids is 1. The summed E-state index contributed by atoms with van der Waals surface area (Å²) in [6.45, 7) is 6.11. The van der Waals surface area contributed by atoms with Crippen LogP contribution in [0.2, 0.25) is 0 Å². The fourth-order valence-corrected chi connectivity index (χ4v) is 3.85. The topological polar surface area (TPSA) is 82.8 Å². The van der Waals surface area contributed by atoms with Crippen molar-refractivity contribution in [1.29, 1.82) is 0 Å². The molecule has 1 aliphatic rings. The first kappa shape index (κ1) is 26.1. The van der Waals surface area contributed by atoms with Crippen LogP contribution in [0, 0.1) is 11.7 Å². The molecule has 1 fully saturated rings. The second kappa shape index (κ2) is 13.4. The van der Waals surface area contributed by atoms with Crippen LogP contribution in [-0.4, -0.2) is 36.4 Å². The van der Waals surface area contributed by atoms with Crippen molar-refractivity contribution in [3.05, 3.63) is 71.0 Å². The molecule has 1 aliphatic heterocycles. The van der Waals surface area contributed by atoms with Crippen LogP contribution in [0.25, 0.3) is 0 Å². The van der Waals surface area contributed by atoms with Gasteiger partial charge in [0.2, 0.25) is 5.91 Å². The van der Waals surface area contributed by atoms with Gasteiger partial charge >= 0.3 is 0 Å². The van der Waals surface area contributed by atoms with Crippen molar-refractivity contribution in [1.82, 2.24) is 15.5 Å². The zero-order valence-corrected chi connectivity index (χ0v) is 20.8. The van der Waals surface area contributed by atoms with Crippen molar-refractivity contribution < 1.29 is 9.18 Å². The summed E-state index contributed by atoms with van der Waals surface area (Å²) >= 11 is 0. The van der Waals surface area contributed by atoms with Gasteiger partial charge in [-0.15, -0.1) is 24.0 Å². The summed E-state index contributed by atoms with van der Waals surface area (Å²) in [7, 11) is 0. The number of rotatable bonds is 8. The number of guanidine groups is 1. The van der Waals surface area contributed by atoms with Crippen LogP contribution in [0.15, 0.2) is 53.5 Å². The lowest BCUT2D eigenvalue weighted by molar-refractivity contribution is -0.123. The number of carbonyl (C=O) groups is 1. The number of piperidine rings is 1. The molecule has 0 aromatic heterocycles. The lowest BCUT2D eigenvalue weighted by Crippen LogP contribution is -2.40. The summed E-state index contributed by atoms with van der Waals surface area (Å²) in [5.41, 5.74) is 8.40. The summed E-state index contributed by atoms with van der Waals surface area (Å²) < 4.78 is 13.9. The molecule has 0 spiro atoms. The van der Waals surface area contributed by atoms with Gasteiger partial charge in [0.15, 0.2) is 5.96 Å². The largest absolute Gasteiger partial charge is 0.369 e. The van der Waals surface area contributed by atoms with Gasteiger partial charge in [-0.2, -0.15) is 0 Å². The maximum atomic E-state index is 13.9. The average Bonchev–Trinajstić information content (AvgIpc) is 2.77. The first-order valence-corrected chi connectivity index (χ1v) is 10.9. The van der Waals surface area contributed by atoms with E-state index in [9.17, 15) is 9.18 Å². The van der Waals surface area contributed by atoms with Gasteiger partial charge in [-0.05, 0) is 43.5 Å². The van der Waals surface area contributed by atoms with E-state index in [0.717, 1.165) is 44.6 Å². The third-order valence-electron chi connectivity index (χ3n) is 5.47. The number of primary amides is 1. The summed E-state index contributed by atoms with van der Waals surface area (Å²) in [5, 5.41) is 6.39. The standard InChI is InChI=1S/C24H32FN5O.HI/c1-2-27-24(29-15-20-9-3-4-11-22(20)25)28-14-18-7-5-8-19(13-18)16-30-12-6-10-21(17-30)23(26)31;/h3-5,7-9,11,13,21H,2,6,10,12,14-17H2,1H3,(H2,26,31)(H2,27,28,29);1H. The Morgan fingerprint density at radius 3 is 2.72 bits per heavy atom. The Kier molecular flexibility index (Phi) is 10.9. The second-order valence-electron chi connectivity index (χ2n) is 7.94. The van der Waals surface area contributed by atoms with E-state index in [1.807, 2.05) is 19.1 Å². The third-order valence-corrected chi connectivity index (χ3v) is 5.47. The quantitative estimate of drug-likeness (QED) is 0.266. The van der Waals surface area contributed by atoms with Gasteiger partial charge in [-0.3, -0.25) is 9.69 Å². The molecule has 1 heterocycles. The predicted octanol–water partition coefficient (Wildman–Crippen LogP) is 3.40. The molecule has 1 atom stereocenters. The van der Waals surface area contributed by atoms with Crippen molar-refractivity contribution >= 4 is 35.8 Å². The highest BCUT2D eigenvalue weighted by Gasteiger charge is 2.23.